The van der Waals surface area contributed by atoms with Gasteiger partial charge < -0.3 is 10.2 Å². The van der Waals surface area contributed by atoms with E-state index < -0.39 is 0 Å². The number of likely N-dealkylation sites (N-methyl/N-ethyl adjacent to an activating group) is 1. The fraction of sp³-hybridized carbons (Fsp3) is 0.462. The van der Waals surface area contributed by atoms with E-state index in [1.807, 2.05) is 6.07 Å². The average Bonchev–Trinajstić information content (AvgIpc) is 2.36. The maximum atomic E-state index is 12.0. The molecule has 0 unspecified atom stereocenters. The van der Waals surface area contributed by atoms with Crippen LogP contribution in [0.5, 0.6) is 0 Å². The van der Waals surface area contributed by atoms with Gasteiger partial charge in [-0.25, -0.2) is 0 Å². The molecule has 1 aromatic rings. The second-order valence-electron chi connectivity index (χ2n) is 4.75. The monoisotopic (exact) mass is 345 g/mol. The van der Waals surface area contributed by atoms with Crippen molar-refractivity contribution < 1.29 is 4.79 Å². The van der Waals surface area contributed by atoms with E-state index >= 15 is 0 Å². The molecule has 0 aromatic heterocycles. The van der Waals surface area contributed by atoms with Gasteiger partial charge in [-0.15, -0.1) is 0 Å². The van der Waals surface area contributed by atoms with Crippen LogP contribution in [0.3, 0.4) is 0 Å². The molecule has 1 aliphatic rings. The van der Waals surface area contributed by atoms with Gasteiger partial charge in [-0.3, -0.25) is 9.69 Å². The molecule has 6 heteroatoms. The van der Waals surface area contributed by atoms with E-state index in [2.05, 4.69) is 38.1 Å². The van der Waals surface area contributed by atoms with Crippen LogP contribution in [0.2, 0.25) is 5.02 Å². The smallest absolute Gasteiger partial charge is 0.238 e. The van der Waals surface area contributed by atoms with E-state index in [0.717, 1.165) is 30.7 Å². The minimum Gasteiger partial charge on any atom is -0.324 e. The van der Waals surface area contributed by atoms with Gasteiger partial charge in [0.05, 0.1) is 17.3 Å². The van der Waals surface area contributed by atoms with Crippen LogP contribution in [0.25, 0.3) is 0 Å². The Balaban J connectivity index is 1.87. The summed E-state index contributed by atoms with van der Waals surface area (Å²) in [5, 5.41) is 3.39. The number of hydrogen-bond donors (Lipinski definition) is 1. The summed E-state index contributed by atoms with van der Waals surface area (Å²) in [6.07, 6.45) is 0. The third kappa shape index (κ3) is 4.45. The summed E-state index contributed by atoms with van der Waals surface area (Å²) in [5.74, 6) is -0.0197. The first-order chi connectivity index (χ1) is 9.04. The molecule has 4 nitrogen and oxygen atoms in total. The molecule has 1 saturated heterocycles. The quantitative estimate of drug-likeness (QED) is 0.912. The molecule has 0 radical (unpaired) electrons. The summed E-state index contributed by atoms with van der Waals surface area (Å²) in [4.78, 5) is 16.4. The number of piperazine rings is 1. The molecule has 0 aliphatic carbocycles. The lowest BCUT2D eigenvalue weighted by molar-refractivity contribution is -0.117. The Morgan fingerprint density at radius 3 is 2.68 bits per heavy atom. The molecule has 104 valence electrons. The van der Waals surface area contributed by atoms with Crippen molar-refractivity contribution >= 4 is 39.1 Å². The van der Waals surface area contributed by atoms with E-state index in [-0.39, 0.29) is 5.91 Å². The first-order valence-electron chi connectivity index (χ1n) is 6.20. The number of amides is 1. The van der Waals surface area contributed by atoms with Crippen LogP contribution in [0.1, 0.15) is 0 Å². The third-order valence-corrected chi connectivity index (χ3v) is 3.97. The Morgan fingerprint density at radius 2 is 2.05 bits per heavy atom. The van der Waals surface area contributed by atoms with Crippen LogP contribution in [-0.2, 0) is 4.79 Å². The average molecular weight is 347 g/mol. The van der Waals surface area contributed by atoms with Gasteiger partial charge in [0.25, 0.3) is 0 Å². The Hall–Kier alpha value is -0.620. The molecule has 1 amide bonds. The minimum atomic E-state index is -0.0197. The molecule has 0 spiro atoms. The molecule has 19 heavy (non-hydrogen) atoms. The zero-order valence-electron chi connectivity index (χ0n) is 10.8. The fourth-order valence-electron chi connectivity index (χ4n) is 1.99. The standard InChI is InChI=1S/C13H17BrClN3O/c1-17-4-6-18(7-5-17)9-13(19)16-12-3-2-10(14)8-11(12)15/h2-3,8H,4-7,9H2,1H3,(H,16,19). The number of nitrogens with zero attached hydrogens (tertiary/aromatic N) is 2. The SMILES string of the molecule is CN1CCN(CC(=O)Nc2ccc(Br)cc2Cl)CC1. The number of hydrogen-bond acceptors (Lipinski definition) is 3. The van der Waals surface area contributed by atoms with Gasteiger partial charge in [-0.1, -0.05) is 27.5 Å². The highest BCUT2D eigenvalue weighted by Crippen LogP contribution is 2.25. The number of rotatable bonds is 3. The Bertz CT molecular complexity index is 461. The molecule has 1 N–H and O–H groups in total. The van der Waals surface area contributed by atoms with Crippen LogP contribution in [-0.4, -0.2) is 55.5 Å². The first kappa shape index (κ1) is 14.8. The van der Waals surface area contributed by atoms with Gasteiger partial charge >= 0.3 is 0 Å². The molecule has 0 saturated carbocycles. The highest BCUT2D eigenvalue weighted by Gasteiger charge is 2.16. The van der Waals surface area contributed by atoms with Gasteiger partial charge in [-0.05, 0) is 25.2 Å². The lowest BCUT2D eigenvalue weighted by Gasteiger charge is -2.31. The van der Waals surface area contributed by atoms with E-state index in [4.69, 9.17) is 11.6 Å². The number of nitrogens with one attached hydrogen (secondary N) is 1. The van der Waals surface area contributed by atoms with Crippen molar-refractivity contribution in [3.63, 3.8) is 0 Å². The molecular formula is C13H17BrClN3O. The molecule has 0 atom stereocenters. The predicted octanol–water partition coefficient (Wildman–Crippen LogP) is 2.29. The number of anilines is 1. The molecule has 0 bridgehead atoms. The van der Waals surface area contributed by atoms with E-state index in [9.17, 15) is 4.79 Å². The normalized spacial score (nSPS) is 17.4. The summed E-state index contributed by atoms with van der Waals surface area (Å²) in [6, 6.07) is 5.43. The van der Waals surface area contributed by atoms with Crippen LogP contribution < -0.4 is 5.32 Å². The lowest BCUT2D eigenvalue weighted by atomic mass is 10.3. The molecule has 1 aliphatic heterocycles. The summed E-state index contributed by atoms with van der Waals surface area (Å²) in [7, 11) is 2.10. The van der Waals surface area contributed by atoms with Crippen molar-refractivity contribution in [2.75, 3.05) is 45.1 Å². The van der Waals surface area contributed by atoms with Crippen molar-refractivity contribution in [1.82, 2.24) is 9.80 Å². The minimum absolute atomic E-state index is 0.0197. The fourth-order valence-corrected chi connectivity index (χ4v) is 2.71. The van der Waals surface area contributed by atoms with Crippen molar-refractivity contribution in [2.45, 2.75) is 0 Å². The van der Waals surface area contributed by atoms with Crippen LogP contribution in [0, 0.1) is 0 Å². The summed E-state index contributed by atoms with van der Waals surface area (Å²) < 4.78 is 0.898. The molecule has 1 aromatic carbocycles. The zero-order chi connectivity index (χ0) is 13.8. The summed E-state index contributed by atoms with van der Waals surface area (Å²) >= 11 is 9.41. The van der Waals surface area contributed by atoms with Gasteiger partial charge in [0.1, 0.15) is 0 Å². The van der Waals surface area contributed by atoms with E-state index in [1.54, 1.807) is 12.1 Å². The topological polar surface area (TPSA) is 35.6 Å². The highest BCUT2D eigenvalue weighted by atomic mass is 79.9. The van der Waals surface area contributed by atoms with Crippen LogP contribution >= 0.6 is 27.5 Å². The molecule has 1 heterocycles. The van der Waals surface area contributed by atoms with Gasteiger partial charge in [0.2, 0.25) is 5.91 Å². The van der Waals surface area contributed by atoms with Gasteiger partial charge in [0, 0.05) is 30.7 Å². The molecule has 1 fully saturated rings. The van der Waals surface area contributed by atoms with Crippen molar-refractivity contribution in [2.24, 2.45) is 0 Å². The molecule has 2 rings (SSSR count). The summed E-state index contributed by atoms with van der Waals surface area (Å²) in [6.45, 7) is 4.29. The Morgan fingerprint density at radius 1 is 1.37 bits per heavy atom. The first-order valence-corrected chi connectivity index (χ1v) is 7.37. The summed E-state index contributed by atoms with van der Waals surface area (Å²) in [5.41, 5.74) is 0.656. The lowest BCUT2D eigenvalue weighted by Crippen LogP contribution is -2.47. The molecular weight excluding hydrogens is 330 g/mol. The maximum Gasteiger partial charge on any atom is 0.238 e. The second kappa shape index (κ2) is 6.70. The zero-order valence-corrected chi connectivity index (χ0v) is 13.2. The predicted molar refractivity (Wildman–Crippen MR) is 81.7 cm³/mol. The highest BCUT2D eigenvalue weighted by molar-refractivity contribution is 9.10. The second-order valence-corrected chi connectivity index (χ2v) is 6.07. The van der Waals surface area contributed by atoms with E-state index in [1.165, 1.54) is 0 Å². The largest absolute Gasteiger partial charge is 0.324 e. The van der Waals surface area contributed by atoms with Crippen molar-refractivity contribution in [3.8, 4) is 0 Å². The number of benzene rings is 1. The van der Waals surface area contributed by atoms with Crippen molar-refractivity contribution in [1.29, 1.82) is 0 Å². The Labute approximate surface area is 126 Å². The number of halogens is 2. The van der Waals surface area contributed by atoms with Gasteiger partial charge in [0.15, 0.2) is 0 Å². The third-order valence-electron chi connectivity index (χ3n) is 3.17. The van der Waals surface area contributed by atoms with E-state index in [0.29, 0.717) is 17.3 Å². The van der Waals surface area contributed by atoms with Gasteiger partial charge in [-0.2, -0.15) is 0 Å². The Kier molecular flexibility index (Phi) is 5.21. The van der Waals surface area contributed by atoms with Crippen LogP contribution in [0.4, 0.5) is 5.69 Å². The number of carbonyl (C=O) groups excluding carboxylic acids is 1. The van der Waals surface area contributed by atoms with Crippen molar-refractivity contribution in [3.05, 3.63) is 27.7 Å². The van der Waals surface area contributed by atoms with Crippen LogP contribution in [0.15, 0.2) is 22.7 Å². The number of carbonyl (C=O) groups is 1. The maximum absolute atomic E-state index is 12.0.